The Morgan fingerprint density at radius 3 is 1.39 bits per heavy atom. The first-order chi connectivity index (χ1) is 21.0. The number of rotatable bonds is 6. The van der Waals surface area contributed by atoms with Crippen molar-refractivity contribution in [3.8, 4) is 0 Å². The van der Waals surface area contributed by atoms with E-state index >= 15 is 0 Å². The van der Waals surface area contributed by atoms with E-state index in [2.05, 4.69) is 4.99 Å². The van der Waals surface area contributed by atoms with E-state index in [0.717, 1.165) is 69.8 Å². The zero-order valence-electron chi connectivity index (χ0n) is 24.7. The van der Waals surface area contributed by atoms with Crippen LogP contribution in [0.5, 0.6) is 0 Å². The van der Waals surface area contributed by atoms with Crippen LogP contribution in [-0.2, 0) is 19.2 Å². The lowest BCUT2D eigenvalue weighted by molar-refractivity contribution is -0.145. The minimum absolute atomic E-state index is 0.00847. The fourth-order valence-electron chi connectivity index (χ4n) is 6.65. The van der Waals surface area contributed by atoms with Crippen LogP contribution in [0.3, 0.4) is 0 Å². The van der Waals surface area contributed by atoms with Crippen molar-refractivity contribution in [2.75, 3.05) is 13.1 Å². The number of halogens is 2. The van der Waals surface area contributed by atoms with Crippen LogP contribution in [0.25, 0.3) is 0 Å². The summed E-state index contributed by atoms with van der Waals surface area (Å²) in [4.78, 5) is 60.8. The van der Waals surface area contributed by atoms with Crippen LogP contribution in [0.4, 0.5) is 0 Å². The molecule has 0 atom stereocenters. The molecule has 11 heteroatoms. The molecule has 2 aromatic carbocycles. The smallest absolute Gasteiger partial charge is 0.323 e. The van der Waals surface area contributed by atoms with Crippen molar-refractivity contribution in [1.29, 1.82) is 0 Å². The van der Waals surface area contributed by atoms with E-state index in [1.807, 2.05) is 12.1 Å². The number of amides is 2. The number of hydrogen-bond acceptors (Lipinski definition) is 6. The second-order valence-electron chi connectivity index (χ2n) is 11.9. The summed E-state index contributed by atoms with van der Waals surface area (Å²) in [5.74, 6) is -1.46. The third-order valence-electron chi connectivity index (χ3n) is 8.76. The van der Waals surface area contributed by atoms with Gasteiger partial charge in [0, 0.05) is 21.2 Å². The van der Waals surface area contributed by atoms with E-state index in [0.29, 0.717) is 27.0 Å². The highest BCUT2D eigenvalue weighted by Crippen LogP contribution is 2.41. The molecule has 1 N–H and O–H groups in total. The summed E-state index contributed by atoms with van der Waals surface area (Å²) >= 11 is 11.8. The SMILES string of the molecule is CC(=O)CN1C(=O)C(c2ccc(Cl)cc2)=NC12CCCCC2.O=C(O)CN1C(=O)C(c2ccc(Cl)cc2)=NC12CCCCC2. The number of ketones is 1. The van der Waals surface area contributed by atoms with Gasteiger partial charge in [0.2, 0.25) is 0 Å². The molecule has 6 rings (SSSR count). The quantitative estimate of drug-likeness (QED) is 0.420. The first-order valence-electron chi connectivity index (χ1n) is 15.1. The molecule has 0 aromatic heterocycles. The maximum absolute atomic E-state index is 12.8. The Hall–Kier alpha value is -3.56. The van der Waals surface area contributed by atoms with E-state index in [9.17, 15) is 19.2 Å². The van der Waals surface area contributed by atoms with Gasteiger partial charge in [0.1, 0.15) is 35.1 Å². The second-order valence-corrected chi connectivity index (χ2v) is 12.8. The van der Waals surface area contributed by atoms with Gasteiger partial charge in [-0.3, -0.25) is 29.2 Å². The van der Waals surface area contributed by atoms with Gasteiger partial charge in [-0.2, -0.15) is 0 Å². The molecular formula is C33H36Cl2N4O5. The minimum Gasteiger partial charge on any atom is -0.480 e. The number of carbonyl (C=O) groups is 4. The van der Waals surface area contributed by atoms with Gasteiger partial charge in [0.05, 0.1) is 6.54 Å². The average Bonchev–Trinajstić information content (AvgIpc) is 3.40. The summed E-state index contributed by atoms with van der Waals surface area (Å²) in [7, 11) is 0. The molecule has 0 saturated heterocycles. The van der Waals surface area contributed by atoms with E-state index in [-0.39, 0.29) is 30.7 Å². The molecule has 2 amide bonds. The monoisotopic (exact) mass is 638 g/mol. The third-order valence-corrected chi connectivity index (χ3v) is 9.26. The maximum atomic E-state index is 12.8. The number of Topliss-reactive ketones (excluding diaryl/α,β-unsaturated/α-hetero) is 1. The van der Waals surface area contributed by atoms with Crippen LogP contribution >= 0.6 is 23.2 Å². The number of aliphatic carboxylic acids is 1. The van der Waals surface area contributed by atoms with Crippen molar-refractivity contribution in [1.82, 2.24) is 9.80 Å². The largest absolute Gasteiger partial charge is 0.480 e. The molecule has 2 saturated carbocycles. The molecule has 2 aromatic rings. The molecule has 2 fully saturated rings. The van der Waals surface area contributed by atoms with Gasteiger partial charge in [-0.15, -0.1) is 0 Å². The average molecular weight is 640 g/mol. The predicted molar refractivity (Wildman–Crippen MR) is 169 cm³/mol. The minimum atomic E-state index is -1.01. The number of carboxylic acids is 1. The lowest BCUT2D eigenvalue weighted by Crippen LogP contribution is -2.50. The maximum Gasteiger partial charge on any atom is 0.323 e. The second kappa shape index (κ2) is 13.2. The van der Waals surface area contributed by atoms with Crippen LogP contribution in [0.1, 0.15) is 82.3 Å². The van der Waals surface area contributed by atoms with E-state index in [1.165, 1.54) is 11.8 Å². The molecule has 0 radical (unpaired) electrons. The van der Waals surface area contributed by atoms with Gasteiger partial charge in [-0.25, -0.2) is 0 Å². The molecule has 232 valence electrons. The van der Waals surface area contributed by atoms with Gasteiger partial charge in [0.25, 0.3) is 11.8 Å². The van der Waals surface area contributed by atoms with Crippen LogP contribution < -0.4 is 0 Å². The lowest BCUT2D eigenvalue weighted by atomic mass is 9.88. The third kappa shape index (κ3) is 6.59. The van der Waals surface area contributed by atoms with Crippen molar-refractivity contribution in [3.05, 3.63) is 69.7 Å². The van der Waals surface area contributed by atoms with Crippen LogP contribution in [0, 0.1) is 0 Å². The highest BCUT2D eigenvalue weighted by molar-refractivity contribution is 6.47. The Kier molecular flexibility index (Phi) is 9.56. The summed E-state index contributed by atoms with van der Waals surface area (Å²) in [6.45, 7) is 1.35. The van der Waals surface area contributed by atoms with E-state index in [1.54, 1.807) is 41.3 Å². The number of nitrogens with zero attached hydrogens (tertiary/aromatic N) is 4. The van der Waals surface area contributed by atoms with Gasteiger partial charge in [-0.05, 0) is 82.6 Å². The molecule has 44 heavy (non-hydrogen) atoms. The lowest BCUT2D eigenvalue weighted by Gasteiger charge is -2.38. The van der Waals surface area contributed by atoms with Crippen molar-refractivity contribution in [2.24, 2.45) is 9.98 Å². The number of aliphatic imine (C=N–C) groups is 2. The Balaban J connectivity index is 0.000000175. The summed E-state index contributed by atoms with van der Waals surface area (Å²) in [6, 6.07) is 14.1. The number of hydrogen-bond donors (Lipinski definition) is 1. The summed E-state index contributed by atoms with van der Waals surface area (Å²) in [5.41, 5.74) is 1.07. The first kappa shape index (κ1) is 31.9. The van der Waals surface area contributed by atoms with Crippen molar-refractivity contribution < 1.29 is 24.3 Å². The molecule has 9 nitrogen and oxygen atoms in total. The van der Waals surface area contributed by atoms with Crippen LogP contribution in [0.2, 0.25) is 10.0 Å². The van der Waals surface area contributed by atoms with Crippen LogP contribution in [0.15, 0.2) is 58.5 Å². The molecule has 4 aliphatic rings. The molecule has 2 spiro atoms. The molecule has 2 aliphatic heterocycles. The molecular weight excluding hydrogens is 603 g/mol. The number of benzene rings is 2. The van der Waals surface area contributed by atoms with E-state index < -0.39 is 17.3 Å². The van der Waals surface area contributed by atoms with Gasteiger partial charge >= 0.3 is 5.97 Å². The van der Waals surface area contributed by atoms with Crippen LogP contribution in [-0.4, -0.2) is 74.3 Å². The molecule has 0 bridgehead atoms. The molecule has 0 unspecified atom stereocenters. The number of carboxylic acid groups (broad SMARTS) is 1. The topological polar surface area (TPSA) is 120 Å². The summed E-state index contributed by atoms with van der Waals surface area (Å²) < 4.78 is 0. The highest BCUT2D eigenvalue weighted by atomic mass is 35.5. The first-order valence-corrected chi connectivity index (χ1v) is 15.9. The van der Waals surface area contributed by atoms with Gasteiger partial charge < -0.3 is 14.9 Å². The zero-order chi connectivity index (χ0) is 31.5. The Bertz CT molecular complexity index is 1380. The van der Waals surface area contributed by atoms with Crippen molar-refractivity contribution >= 4 is 58.2 Å². The van der Waals surface area contributed by atoms with Crippen molar-refractivity contribution in [3.63, 3.8) is 0 Å². The standard InChI is InChI=1S/C17H19ClN2O2.C16H17ClN2O3/c1-12(21)11-20-16(22)15(13-5-7-14(18)8-6-13)19-17(20)9-3-2-4-10-17;17-12-6-4-11(5-7-12)14-15(22)19(10-13(20)21)16(18-14)8-2-1-3-9-16/h5-8H,2-4,9-11H2,1H3;4-7H,1-3,8-10H2,(H,20,21). The van der Waals surface area contributed by atoms with Gasteiger partial charge in [0.15, 0.2) is 0 Å². The summed E-state index contributed by atoms with van der Waals surface area (Å²) in [6.07, 6.45) is 9.39. The summed E-state index contributed by atoms with van der Waals surface area (Å²) in [5, 5.41) is 10.4. The predicted octanol–water partition coefficient (Wildman–Crippen LogP) is 5.94. The highest BCUT2D eigenvalue weighted by Gasteiger charge is 2.49. The Morgan fingerprint density at radius 2 is 1.05 bits per heavy atom. The van der Waals surface area contributed by atoms with E-state index in [4.69, 9.17) is 33.3 Å². The fourth-order valence-corrected chi connectivity index (χ4v) is 6.91. The normalized spacial score (nSPS) is 20.3. The number of carbonyl (C=O) groups excluding carboxylic acids is 3. The molecule has 2 heterocycles. The Labute approximate surface area is 266 Å². The Morgan fingerprint density at radius 1 is 0.682 bits per heavy atom. The zero-order valence-corrected chi connectivity index (χ0v) is 26.2. The van der Waals surface area contributed by atoms with Crippen molar-refractivity contribution in [2.45, 2.75) is 82.5 Å². The fraction of sp³-hybridized carbons (Fsp3) is 0.455. The molecule has 2 aliphatic carbocycles. The van der Waals surface area contributed by atoms with Gasteiger partial charge in [-0.1, -0.05) is 60.3 Å².